The molecule has 0 fully saturated rings. The highest BCUT2D eigenvalue weighted by Gasteiger charge is 2.07. The first-order valence-electron chi connectivity index (χ1n) is 6.05. The van der Waals surface area contributed by atoms with E-state index in [2.05, 4.69) is 42.8 Å². The topological polar surface area (TPSA) is 30.9 Å². The summed E-state index contributed by atoms with van der Waals surface area (Å²) in [6.07, 6.45) is 4.38. The van der Waals surface area contributed by atoms with Crippen molar-refractivity contribution in [3.63, 3.8) is 0 Å². The summed E-state index contributed by atoms with van der Waals surface area (Å²) in [6.45, 7) is 6.18. The molecule has 0 saturated heterocycles. The van der Waals surface area contributed by atoms with E-state index < -0.39 is 0 Å². The quantitative estimate of drug-likeness (QED) is 0.837. The van der Waals surface area contributed by atoms with Gasteiger partial charge in [-0.3, -0.25) is 0 Å². The zero-order chi connectivity index (χ0) is 11.5. The van der Waals surface area contributed by atoms with Gasteiger partial charge in [0.1, 0.15) is 0 Å². The third-order valence-corrected chi connectivity index (χ3v) is 3.17. The second-order valence-corrected chi connectivity index (χ2v) is 4.31. The standard InChI is InChI=1S/C14H20N2/c1-3-12-6-4-7-13-11(2)10-16(14(12)13)9-5-8-15/h4,6-7,10H,3,5,8-9,15H2,1-2H3. The number of hydrogen-bond donors (Lipinski definition) is 1. The maximum atomic E-state index is 5.58. The van der Waals surface area contributed by atoms with Crippen LogP contribution in [0.3, 0.4) is 0 Å². The van der Waals surface area contributed by atoms with Gasteiger partial charge in [-0.25, -0.2) is 0 Å². The summed E-state index contributed by atoms with van der Waals surface area (Å²) in [4.78, 5) is 0. The third kappa shape index (κ3) is 1.85. The molecule has 0 spiro atoms. The summed E-state index contributed by atoms with van der Waals surface area (Å²) in [5, 5.41) is 1.39. The summed E-state index contributed by atoms with van der Waals surface area (Å²) in [6, 6.07) is 6.59. The van der Waals surface area contributed by atoms with Crippen molar-refractivity contribution in [1.82, 2.24) is 4.57 Å². The van der Waals surface area contributed by atoms with Crippen molar-refractivity contribution in [3.8, 4) is 0 Å². The minimum Gasteiger partial charge on any atom is -0.347 e. The number of nitrogens with zero attached hydrogens (tertiary/aromatic N) is 1. The van der Waals surface area contributed by atoms with Gasteiger partial charge in [-0.2, -0.15) is 0 Å². The molecule has 2 aromatic rings. The lowest BCUT2D eigenvalue weighted by molar-refractivity contribution is 0.668. The Morgan fingerprint density at radius 1 is 1.31 bits per heavy atom. The highest BCUT2D eigenvalue weighted by molar-refractivity contribution is 5.86. The normalized spacial score (nSPS) is 11.2. The van der Waals surface area contributed by atoms with Crippen molar-refractivity contribution in [3.05, 3.63) is 35.5 Å². The zero-order valence-electron chi connectivity index (χ0n) is 10.2. The largest absolute Gasteiger partial charge is 0.347 e. The molecule has 0 unspecified atom stereocenters. The van der Waals surface area contributed by atoms with Crippen LogP contribution in [-0.4, -0.2) is 11.1 Å². The highest BCUT2D eigenvalue weighted by atomic mass is 15.0. The molecule has 0 aliphatic rings. The monoisotopic (exact) mass is 216 g/mol. The maximum absolute atomic E-state index is 5.58. The van der Waals surface area contributed by atoms with Crippen molar-refractivity contribution in [2.45, 2.75) is 33.2 Å². The number of fused-ring (bicyclic) bond motifs is 1. The fraction of sp³-hybridized carbons (Fsp3) is 0.429. The molecule has 0 aliphatic heterocycles. The second-order valence-electron chi connectivity index (χ2n) is 4.31. The SMILES string of the molecule is CCc1cccc2c(C)cn(CCCN)c12. The van der Waals surface area contributed by atoms with E-state index >= 15 is 0 Å². The molecule has 2 nitrogen and oxygen atoms in total. The average molecular weight is 216 g/mol. The van der Waals surface area contributed by atoms with Crippen LogP contribution in [-0.2, 0) is 13.0 Å². The average Bonchev–Trinajstić information content (AvgIpc) is 2.64. The zero-order valence-corrected chi connectivity index (χ0v) is 10.2. The van der Waals surface area contributed by atoms with Crippen molar-refractivity contribution in [1.29, 1.82) is 0 Å². The van der Waals surface area contributed by atoms with Gasteiger partial charge >= 0.3 is 0 Å². The summed E-state index contributed by atoms with van der Waals surface area (Å²) < 4.78 is 2.36. The molecule has 0 aliphatic carbocycles. The van der Waals surface area contributed by atoms with E-state index in [0.717, 1.165) is 25.9 Å². The molecular weight excluding hydrogens is 196 g/mol. The van der Waals surface area contributed by atoms with E-state index in [1.54, 1.807) is 0 Å². The predicted molar refractivity (Wildman–Crippen MR) is 69.7 cm³/mol. The predicted octanol–water partition coefficient (Wildman–Crippen LogP) is 2.86. The molecule has 1 aromatic heterocycles. The van der Waals surface area contributed by atoms with E-state index in [4.69, 9.17) is 5.73 Å². The summed E-state index contributed by atoms with van der Waals surface area (Å²) in [5.74, 6) is 0. The number of para-hydroxylation sites is 1. The number of benzene rings is 1. The van der Waals surface area contributed by atoms with E-state index in [1.165, 1.54) is 22.0 Å². The Balaban J connectivity index is 2.55. The number of rotatable bonds is 4. The molecule has 0 bridgehead atoms. The van der Waals surface area contributed by atoms with Crippen LogP contribution >= 0.6 is 0 Å². The first-order valence-corrected chi connectivity index (χ1v) is 6.05. The fourth-order valence-electron chi connectivity index (χ4n) is 2.34. The van der Waals surface area contributed by atoms with Gasteiger partial charge in [0.2, 0.25) is 0 Å². The molecule has 2 heteroatoms. The van der Waals surface area contributed by atoms with E-state index in [-0.39, 0.29) is 0 Å². The summed E-state index contributed by atoms with van der Waals surface area (Å²) in [7, 11) is 0. The van der Waals surface area contributed by atoms with Gasteiger partial charge in [-0.15, -0.1) is 0 Å². The third-order valence-electron chi connectivity index (χ3n) is 3.17. The molecule has 1 heterocycles. The smallest absolute Gasteiger partial charge is 0.0515 e. The van der Waals surface area contributed by atoms with Crippen LogP contribution in [0.1, 0.15) is 24.5 Å². The fourth-order valence-corrected chi connectivity index (χ4v) is 2.34. The number of nitrogens with two attached hydrogens (primary N) is 1. The maximum Gasteiger partial charge on any atom is 0.0515 e. The Labute approximate surface area is 97.1 Å². The summed E-state index contributed by atoms with van der Waals surface area (Å²) in [5.41, 5.74) is 9.78. The van der Waals surface area contributed by atoms with Gasteiger partial charge in [0.05, 0.1) is 5.52 Å². The molecule has 0 atom stereocenters. The second kappa shape index (κ2) is 4.71. The van der Waals surface area contributed by atoms with Gasteiger partial charge in [-0.1, -0.05) is 25.1 Å². The van der Waals surface area contributed by atoms with Crippen LogP contribution in [0.5, 0.6) is 0 Å². The lowest BCUT2D eigenvalue weighted by Crippen LogP contribution is -2.05. The van der Waals surface area contributed by atoms with Gasteiger partial charge < -0.3 is 10.3 Å². The Morgan fingerprint density at radius 2 is 2.12 bits per heavy atom. The minimum absolute atomic E-state index is 0.757. The van der Waals surface area contributed by atoms with E-state index in [1.807, 2.05) is 0 Å². The number of hydrogen-bond acceptors (Lipinski definition) is 1. The van der Waals surface area contributed by atoms with Crippen molar-refractivity contribution >= 4 is 10.9 Å². The van der Waals surface area contributed by atoms with Crippen LogP contribution in [0.2, 0.25) is 0 Å². The van der Waals surface area contributed by atoms with Crippen molar-refractivity contribution in [2.75, 3.05) is 6.54 Å². The lowest BCUT2D eigenvalue weighted by atomic mass is 10.1. The Hall–Kier alpha value is -1.28. The van der Waals surface area contributed by atoms with Crippen LogP contribution in [0.4, 0.5) is 0 Å². The van der Waals surface area contributed by atoms with Gasteiger partial charge in [0, 0.05) is 18.1 Å². The van der Waals surface area contributed by atoms with Crippen LogP contribution in [0.25, 0.3) is 10.9 Å². The molecule has 86 valence electrons. The molecule has 2 rings (SSSR count). The number of aryl methyl sites for hydroxylation is 3. The molecule has 1 aromatic carbocycles. The van der Waals surface area contributed by atoms with Crippen LogP contribution in [0.15, 0.2) is 24.4 Å². The van der Waals surface area contributed by atoms with Gasteiger partial charge in [0.25, 0.3) is 0 Å². The molecule has 0 radical (unpaired) electrons. The Bertz CT molecular complexity index is 483. The van der Waals surface area contributed by atoms with Crippen molar-refractivity contribution in [2.24, 2.45) is 5.73 Å². The highest BCUT2D eigenvalue weighted by Crippen LogP contribution is 2.24. The molecule has 16 heavy (non-hydrogen) atoms. The lowest BCUT2D eigenvalue weighted by Gasteiger charge is -2.07. The molecule has 2 N–H and O–H groups in total. The molecule has 0 amide bonds. The van der Waals surface area contributed by atoms with E-state index in [9.17, 15) is 0 Å². The first kappa shape index (κ1) is 11.2. The van der Waals surface area contributed by atoms with Crippen molar-refractivity contribution < 1.29 is 0 Å². The van der Waals surface area contributed by atoms with E-state index in [0.29, 0.717) is 0 Å². The molecular formula is C14H20N2. The first-order chi connectivity index (χ1) is 7.77. The number of aromatic nitrogens is 1. The van der Waals surface area contributed by atoms with Gasteiger partial charge in [-0.05, 0) is 37.4 Å². The minimum atomic E-state index is 0.757. The van der Waals surface area contributed by atoms with Crippen LogP contribution in [0, 0.1) is 6.92 Å². The molecule has 0 saturated carbocycles. The Morgan fingerprint density at radius 3 is 2.81 bits per heavy atom. The van der Waals surface area contributed by atoms with Crippen LogP contribution < -0.4 is 5.73 Å². The van der Waals surface area contributed by atoms with Gasteiger partial charge in [0.15, 0.2) is 0 Å². The Kier molecular flexibility index (Phi) is 3.30. The summed E-state index contributed by atoms with van der Waals surface area (Å²) >= 11 is 0.